The van der Waals surface area contributed by atoms with Crippen molar-refractivity contribution in [1.82, 2.24) is 5.32 Å². The van der Waals surface area contributed by atoms with Crippen LogP contribution in [0.25, 0.3) is 0 Å². The van der Waals surface area contributed by atoms with Crippen LogP contribution in [0, 0.1) is 0 Å². The first-order chi connectivity index (χ1) is 29.0. The van der Waals surface area contributed by atoms with Gasteiger partial charge in [-0.1, -0.05) is 223 Å². The minimum atomic E-state index is -0.794. The zero-order valence-electron chi connectivity index (χ0n) is 39.1. The Morgan fingerprint density at radius 2 is 0.966 bits per heavy atom. The number of esters is 1. The van der Waals surface area contributed by atoms with Crippen LogP contribution < -0.4 is 5.32 Å². The van der Waals surface area contributed by atoms with Crippen LogP contribution in [0.2, 0.25) is 0 Å². The number of aliphatic hydroxyl groups excluding tert-OH is 2. The number of amides is 1. The van der Waals surface area contributed by atoms with E-state index in [4.69, 9.17) is 4.74 Å². The molecule has 0 fully saturated rings. The zero-order valence-corrected chi connectivity index (χ0v) is 39.1. The Hall–Kier alpha value is -2.18. The quantitative estimate of drug-likeness (QED) is 0.0246. The maximum atomic E-state index is 13.2. The topological polar surface area (TPSA) is 95.9 Å². The molecule has 0 heterocycles. The van der Waals surface area contributed by atoms with E-state index in [0.717, 1.165) is 96.3 Å². The van der Waals surface area contributed by atoms with Crippen LogP contribution in [0.3, 0.4) is 0 Å². The summed E-state index contributed by atoms with van der Waals surface area (Å²) in [5.74, 6) is -0.504. The van der Waals surface area contributed by atoms with Crippen LogP contribution in [-0.2, 0) is 14.3 Å². The summed E-state index contributed by atoms with van der Waals surface area (Å²) in [6.45, 7) is 6.29. The van der Waals surface area contributed by atoms with Gasteiger partial charge in [0.1, 0.15) is 6.10 Å². The van der Waals surface area contributed by atoms with Gasteiger partial charge in [0.25, 0.3) is 0 Å². The molecular formula is C53H97NO5. The predicted octanol–water partition coefficient (Wildman–Crippen LogP) is 15.1. The normalized spacial score (nSPS) is 13.6. The number of ether oxygens (including phenoxy) is 1. The first-order valence-corrected chi connectivity index (χ1v) is 25.4. The van der Waals surface area contributed by atoms with E-state index in [2.05, 4.69) is 74.7 Å². The second-order valence-electron chi connectivity index (χ2n) is 17.2. The lowest BCUT2D eigenvalue weighted by atomic mass is 10.0. The molecule has 0 saturated heterocycles. The van der Waals surface area contributed by atoms with E-state index in [1.54, 1.807) is 0 Å². The minimum absolute atomic E-state index is 0.0609. The molecule has 0 rings (SSSR count). The number of hydrogen-bond donors (Lipinski definition) is 3. The fourth-order valence-electron chi connectivity index (χ4n) is 7.61. The van der Waals surface area contributed by atoms with Crippen molar-refractivity contribution in [1.29, 1.82) is 0 Å². The second kappa shape index (κ2) is 46.9. The molecule has 1 amide bonds. The van der Waals surface area contributed by atoms with Gasteiger partial charge in [0.2, 0.25) is 5.91 Å². The van der Waals surface area contributed by atoms with Gasteiger partial charge in [-0.2, -0.15) is 0 Å². The molecule has 0 spiro atoms. The summed E-state index contributed by atoms with van der Waals surface area (Å²) in [6.07, 6.45) is 56.0. The monoisotopic (exact) mass is 828 g/mol. The summed E-state index contributed by atoms with van der Waals surface area (Å²) >= 11 is 0. The standard InChI is InChI=1S/C53H97NO5/c1-4-7-10-13-16-19-22-24-25-26-27-29-31-33-36-39-42-45-51(56)50(48-55)54-52(57)47-49(44-41-38-35-32-30-28-23-20-17-14-11-8-5-2)59-53(58)46-43-40-37-34-21-18-15-12-9-6-3/h8,11-12,14-15,17,20,23,49-51,55-56H,4-7,9-10,13,16,18-19,21-22,24-48H2,1-3H3,(H,54,57)/b11-8+,15-12-,17-14+,23-20+. The molecule has 0 aliphatic carbocycles. The second-order valence-corrected chi connectivity index (χ2v) is 17.2. The molecular weight excluding hydrogens is 731 g/mol. The third-order valence-electron chi connectivity index (χ3n) is 11.4. The summed E-state index contributed by atoms with van der Waals surface area (Å²) in [7, 11) is 0. The van der Waals surface area contributed by atoms with Crippen molar-refractivity contribution < 1.29 is 24.5 Å². The Morgan fingerprint density at radius 1 is 0.508 bits per heavy atom. The lowest BCUT2D eigenvalue weighted by Gasteiger charge is -2.24. The molecule has 3 N–H and O–H groups in total. The Labute approximate surface area is 366 Å². The van der Waals surface area contributed by atoms with Gasteiger partial charge in [0, 0.05) is 6.42 Å². The van der Waals surface area contributed by atoms with E-state index in [9.17, 15) is 19.8 Å². The highest BCUT2D eigenvalue weighted by atomic mass is 16.5. The van der Waals surface area contributed by atoms with Crippen molar-refractivity contribution in [2.45, 2.75) is 270 Å². The third-order valence-corrected chi connectivity index (χ3v) is 11.4. The van der Waals surface area contributed by atoms with Crippen molar-refractivity contribution in [2.24, 2.45) is 0 Å². The van der Waals surface area contributed by atoms with Crippen molar-refractivity contribution in [3.05, 3.63) is 48.6 Å². The van der Waals surface area contributed by atoms with Gasteiger partial charge in [0.05, 0.1) is 25.2 Å². The number of nitrogens with one attached hydrogen (secondary N) is 1. The maximum absolute atomic E-state index is 13.2. The fraction of sp³-hybridized carbons (Fsp3) is 0.811. The number of carbonyl (C=O) groups is 2. The molecule has 0 aliphatic rings. The van der Waals surface area contributed by atoms with Crippen LogP contribution in [0.15, 0.2) is 48.6 Å². The summed E-state index contributed by atoms with van der Waals surface area (Å²) in [5, 5.41) is 23.8. The summed E-state index contributed by atoms with van der Waals surface area (Å²) in [4.78, 5) is 26.0. The molecule has 0 aromatic carbocycles. The molecule has 59 heavy (non-hydrogen) atoms. The largest absolute Gasteiger partial charge is 0.462 e. The number of rotatable bonds is 45. The van der Waals surface area contributed by atoms with E-state index in [1.807, 2.05) is 0 Å². The molecule has 0 aromatic heterocycles. The smallest absolute Gasteiger partial charge is 0.306 e. The maximum Gasteiger partial charge on any atom is 0.306 e. The molecule has 6 heteroatoms. The average Bonchev–Trinajstić information content (AvgIpc) is 3.23. The first-order valence-electron chi connectivity index (χ1n) is 25.4. The van der Waals surface area contributed by atoms with Gasteiger partial charge in [-0.15, -0.1) is 0 Å². The van der Waals surface area contributed by atoms with Crippen molar-refractivity contribution in [3.8, 4) is 0 Å². The molecule has 6 nitrogen and oxygen atoms in total. The number of carbonyl (C=O) groups excluding carboxylic acids is 2. The zero-order chi connectivity index (χ0) is 43.1. The molecule has 3 unspecified atom stereocenters. The summed E-state index contributed by atoms with van der Waals surface area (Å²) in [5.41, 5.74) is 0. The van der Waals surface area contributed by atoms with E-state index in [0.29, 0.717) is 19.3 Å². The van der Waals surface area contributed by atoms with Crippen molar-refractivity contribution >= 4 is 11.9 Å². The molecule has 0 bridgehead atoms. The Morgan fingerprint density at radius 3 is 1.49 bits per heavy atom. The van der Waals surface area contributed by atoms with Crippen LogP contribution >= 0.6 is 0 Å². The number of hydrogen-bond acceptors (Lipinski definition) is 5. The Balaban J connectivity index is 4.50. The van der Waals surface area contributed by atoms with Crippen LogP contribution in [0.4, 0.5) is 0 Å². The van der Waals surface area contributed by atoms with Crippen LogP contribution in [0.5, 0.6) is 0 Å². The van der Waals surface area contributed by atoms with Crippen LogP contribution in [0.1, 0.15) is 252 Å². The SMILES string of the molecule is CC/C=C/C=C/C=C/CCCCCCCC(CC(=O)NC(CO)C(O)CCCCCCCCCCCCCCCCCCC)OC(=O)CCCCCCC/C=C\CCC. The van der Waals surface area contributed by atoms with Gasteiger partial charge < -0.3 is 20.3 Å². The fourth-order valence-corrected chi connectivity index (χ4v) is 7.61. The first kappa shape index (κ1) is 56.8. The van der Waals surface area contributed by atoms with Crippen molar-refractivity contribution in [2.75, 3.05) is 6.61 Å². The number of aliphatic hydroxyl groups is 2. The van der Waals surface area contributed by atoms with Gasteiger partial charge in [0.15, 0.2) is 0 Å². The minimum Gasteiger partial charge on any atom is -0.462 e. The highest BCUT2D eigenvalue weighted by molar-refractivity contribution is 5.77. The average molecular weight is 828 g/mol. The summed E-state index contributed by atoms with van der Waals surface area (Å²) < 4.78 is 5.90. The predicted molar refractivity (Wildman–Crippen MR) is 255 cm³/mol. The molecule has 0 radical (unpaired) electrons. The van der Waals surface area contributed by atoms with E-state index >= 15 is 0 Å². The highest BCUT2D eigenvalue weighted by Crippen LogP contribution is 2.18. The lowest BCUT2D eigenvalue weighted by molar-refractivity contribution is -0.151. The highest BCUT2D eigenvalue weighted by Gasteiger charge is 2.24. The van der Waals surface area contributed by atoms with Crippen LogP contribution in [-0.4, -0.2) is 46.9 Å². The number of unbranched alkanes of at least 4 members (excludes halogenated alkanes) is 27. The molecule has 3 atom stereocenters. The van der Waals surface area contributed by atoms with Gasteiger partial charge in [-0.3, -0.25) is 9.59 Å². The van der Waals surface area contributed by atoms with Gasteiger partial charge in [-0.25, -0.2) is 0 Å². The van der Waals surface area contributed by atoms with E-state index < -0.39 is 18.2 Å². The molecule has 0 saturated carbocycles. The molecule has 0 aliphatic heterocycles. The lowest BCUT2D eigenvalue weighted by Crippen LogP contribution is -2.46. The molecule has 344 valence electrons. The Bertz CT molecular complexity index is 1020. The van der Waals surface area contributed by atoms with Gasteiger partial charge in [-0.05, 0) is 64.2 Å². The van der Waals surface area contributed by atoms with Gasteiger partial charge >= 0.3 is 5.97 Å². The summed E-state index contributed by atoms with van der Waals surface area (Å²) in [6, 6.07) is -0.709. The van der Waals surface area contributed by atoms with E-state index in [-0.39, 0.29) is 24.9 Å². The third kappa shape index (κ3) is 42.3. The number of allylic oxidation sites excluding steroid dienone is 8. The van der Waals surface area contributed by atoms with E-state index in [1.165, 1.54) is 109 Å². The van der Waals surface area contributed by atoms with Crippen molar-refractivity contribution in [3.63, 3.8) is 0 Å². The Kier molecular flexibility index (Phi) is 45.1. The molecule has 0 aromatic rings.